The van der Waals surface area contributed by atoms with Crippen LogP contribution in [0, 0.1) is 0 Å². The molecular weight excluding hydrogens is 441 g/mol. The fourth-order valence-electron chi connectivity index (χ4n) is 2.86. The van der Waals surface area contributed by atoms with Crippen molar-refractivity contribution in [3.05, 3.63) is 16.7 Å². The van der Waals surface area contributed by atoms with Gasteiger partial charge in [-0.1, -0.05) is 0 Å². The Morgan fingerprint density at radius 3 is 2.87 bits per heavy atom. The fraction of sp³-hybridized carbons (Fsp3) is 0.500. The number of nitrogens with two attached hydrogens (primary N) is 3. The summed E-state index contributed by atoms with van der Waals surface area (Å²) < 4.78 is 28.5. The van der Waals surface area contributed by atoms with Gasteiger partial charge in [0.2, 0.25) is 5.95 Å². The molecule has 0 aromatic carbocycles. The third-order valence-corrected chi connectivity index (χ3v) is 5.24. The standard InChI is InChI=1S/C14H20N7O9P/c15-5(1-9(23)24)13(26)30-31(17,27)28-3-7-6(22)2-8(29-7)21-4-18-10-11(21)19-14(16)20-12(10)25/h4-8,22H,1-3,15H2,(H2,17,27)(H,23,24)(H3,16,19,20,25)/t5-,6-,7+,8+,31?/m0/s1. The summed E-state index contributed by atoms with van der Waals surface area (Å²) in [5.74, 6) is -2.82. The number of aliphatic hydroxyl groups excluding tert-OH is 1. The number of carboxylic acid groups (broad SMARTS) is 1. The highest BCUT2D eigenvalue weighted by atomic mass is 31.2. The second-order valence-corrected chi connectivity index (χ2v) is 8.18. The molecule has 0 radical (unpaired) electrons. The minimum Gasteiger partial charge on any atom is -0.481 e. The lowest BCUT2D eigenvalue weighted by molar-refractivity contribution is -0.144. The molecule has 0 saturated carbocycles. The van der Waals surface area contributed by atoms with Crippen molar-refractivity contribution in [2.45, 2.75) is 37.3 Å². The molecule has 0 amide bonds. The number of H-pyrrole nitrogens is 1. The molecule has 9 N–H and O–H groups in total. The van der Waals surface area contributed by atoms with Gasteiger partial charge in [0.1, 0.15) is 18.4 Å². The molecule has 1 unspecified atom stereocenters. The maximum atomic E-state index is 12.1. The molecule has 170 valence electrons. The average molecular weight is 461 g/mol. The van der Waals surface area contributed by atoms with Crippen molar-refractivity contribution < 1.29 is 38.2 Å². The number of nitrogen functional groups attached to an aromatic ring is 1. The zero-order chi connectivity index (χ0) is 22.9. The predicted molar refractivity (Wildman–Crippen MR) is 101 cm³/mol. The van der Waals surface area contributed by atoms with Gasteiger partial charge in [0, 0.05) is 6.42 Å². The number of aliphatic hydroxyl groups is 1. The van der Waals surface area contributed by atoms with Gasteiger partial charge in [-0.25, -0.2) is 19.8 Å². The number of fused-ring (bicyclic) bond motifs is 1. The van der Waals surface area contributed by atoms with E-state index >= 15 is 0 Å². The van der Waals surface area contributed by atoms with Gasteiger partial charge < -0.3 is 30.9 Å². The van der Waals surface area contributed by atoms with Crippen molar-refractivity contribution in [1.29, 1.82) is 0 Å². The molecule has 2 aromatic heterocycles. The molecule has 3 rings (SSSR count). The number of aliphatic carboxylic acids is 1. The lowest BCUT2D eigenvalue weighted by Crippen LogP contribution is -2.35. The molecule has 2 aromatic rings. The number of nitrogens with zero attached hydrogens (tertiary/aromatic N) is 3. The molecule has 3 heterocycles. The molecule has 1 aliphatic rings. The van der Waals surface area contributed by atoms with Crippen LogP contribution in [0.5, 0.6) is 0 Å². The minimum absolute atomic E-state index is 0.0167. The first kappa shape index (κ1) is 22.8. The number of anilines is 1. The molecule has 1 saturated heterocycles. The number of rotatable bonds is 8. The Morgan fingerprint density at radius 2 is 2.19 bits per heavy atom. The Labute approximate surface area is 172 Å². The minimum atomic E-state index is -4.46. The van der Waals surface area contributed by atoms with Crippen LogP contribution in [0.15, 0.2) is 11.1 Å². The molecular formula is C14H20N7O9P. The second kappa shape index (κ2) is 8.70. The van der Waals surface area contributed by atoms with Gasteiger partial charge in [0.15, 0.2) is 11.2 Å². The maximum absolute atomic E-state index is 12.1. The quantitative estimate of drug-likeness (QED) is 0.227. The number of ether oxygens (including phenoxy) is 1. The van der Waals surface area contributed by atoms with Gasteiger partial charge in [-0.3, -0.25) is 23.7 Å². The highest BCUT2D eigenvalue weighted by molar-refractivity contribution is 7.51. The van der Waals surface area contributed by atoms with E-state index in [1.54, 1.807) is 0 Å². The first-order chi connectivity index (χ1) is 14.5. The first-order valence-electron chi connectivity index (χ1n) is 8.76. The number of carbonyl (C=O) groups excluding carboxylic acids is 1. The lowest BCUT2D eigenvalue weighted by atomic mass is 10.2. The number of hydrogen-bond donors (Lipinski definition) is 6. The monoisotopic (exact) mass is 461 g/mol. The van der Waals surface area contributed by atoms with Crippen LogP contribution >= 0.6 is 7.75 Å². The van der Waals surface area contributed by atoms with Crippen LogP contribution in [0.25, 0.3) is 11.2 Å². The molecule has 0 spiro atoms. The summed E-state index contributed by atoms with van der Waals surface area (Å²) in [5.41, 5.74) is 15.8. The van der Waals surface area contributed by atoms with Crippen molar-refractivity contribution in [2.75, 3.05) is 12.3 Å². The van der Waals surface area contributed by atoms with Crippen LogP contribution in [-0.4, -0.2) is 66.5 Å². The molecule has 31 heavy (non-hydrogen) atoms. The Hall–Kier alpha value is -2.88. The van der Waals surface area contributed by atoms with Crippen molar-refractivity contribution in [1.82, 2.24) is 19.5 Å². The average Bonchev–Trinajstić information content (AvgIpc) is 3.22. The molecule has 0 bridgehead atoms. The van der Waals surface area contributed by atoms with E-state index in [1.165, 1.54) is 10.9 Å². The predicted octanol–water partition coefficient (Wildman–Crippen LogP) is -2.22. The summed E-state index contributed by atoms with van der Waals surface area (Å²) >= 11 is 0. The molecule has 0 aliphatic carbocycles. The van der Waals surface area contributed by atoms with E-state index in [1.807, 2.05) is 0 Å². The maximum Gasteiger partial charge on any atom is 0.458 e. The zero-order valence-corrected chi connectivity index (χ0v) is 16.7. The number of carbonyl (C=O) groups is 2. The third-order valence-electron chi connectivity index (χ3n) is 4.30. The summed E-state index contributed by atoms with van der Waals surface area (Å²) in [7, 11) is -4.46. The molecule has 1 aliphatic heterocycles. The summed E-state index contributed by atoms with van der Waals surface area (Å²) in [6, 6.07) is -1.59. The number of hydrogen-bond acceptors (Lipinski definition) is 12. The SMILES string of the molecule is Nc1nc2c(ncn2[C@H]2C[C@H](O)[C@@H](COP(N)(=O)OC(=O)[C@@H](N)CC(=O)O)O2)c(=O)[nH]1. The van der Waals surface area contributed by atoms with Gasteiger partial charge in [0.25, 0.3) is 5.56 Å². The van der Waals surface area contributed by atoms with E-state index in [2.05, 4.69) is 19.5 Å². The van der Waals surface area contributed by atoms with E-state index < -0.39 is 62.7 Å². The number of carboxylic acids is 1. The molecule has 17 heteroatoms. The Morgan fingerprint density at radius 1 is 1.48 bits per heavy atom. The van der Waals surface area contributed by atoms with Gasteiger partial charge in [-0.15, -0.1) is 0 Å². The Balaban J connectivity index is 1.63. The van der Waals surface area contributed by atoms with Crippen LogP contribution in [0.1, 0.15) is 19.1 Å². The van der Waals surface area contributed by atoms with E-state index in [0.29, 0.717) is 0 Å². The van der Waals surface area contributed by atoms with E-state index in [9.17, 15) is 24.1 Å². The number of aromatic amines is 1. The highest BCUT2D eigenvalue weighted by Gasteiger charge is 2.38. The topological polar surface area (TPSA) is 261 Å². The van der Waals surface area contributed by atoms with Crippen molar-refractivity contribution in [2.24, 2.45) is 11.2 Å². The van der Waals surface area contributed by atoms with Crippen LogP contribution in [-0.2, 0) is 27.9 Å². The number of aromatic nitrogens is 4. The summed E-state index contributed by atoms with van der Waals surface area (Å²) in [4.78, 5) is 44.3. The Bertz CT molecular complexity index is 1100. The van der Waals surface area contributed by atoms with Gasteiger partial charge in [0.05, 0.1) is 25.5 Å². The zero-order valence-electron chi connectivity index (χ0n) is 15.8. The van der Waals surface area contributed by atoms with Gasteiger partial charge in [-0.2, -0.15) is 4.98 Å². The van der Waals surface area contributed by atoms with Crippen LogP contribution < -0.4 is 22.5 Å². The van der Waals surface area contributed by atoms with Crippen molar-refractivity contribution in [3.8, 4) is 0 Å². The molecule has 1 fully saturated rings. The third kappa shape index (κ3) is 5.25. The normalized spacial score (nSPS) is 24.0. The van der Waals surface area contributed by atoms with E-state index in [0.717, 1.165) is 0 Å². The van der Waals surface area contributed by atoms with E-state index in [-0.39, 0.29) is 23.5 Å². The van der Waals surface area contributed by atoms with Crippen molar-refractivity contribution in [3.63, 3.8) is 0 Å². The largest absolute Gasteiger partial charge is 0.481 e. The fourth-order valence-corrected chi connectivity index (χ4v) is 3.65. The van der Waals surface area contributed by atoms with Crippen LogP contribution in [0.4, 0.5) is 5.95 Å². The first-order valence-corrected chi connectivity index (χ1v) is 10.4. The van der Waals surface area contributed by atoms with Gasteiger partial charge in [-0.05, 0) is 0 Å². The summed E-state index contributed by atoms with van der Waals surface area (Å²) in [6.07, 6.45) is -2.40. The summed E-state index contributed by atoms with van der Waals surface area (Å²) in [6.45, 7) is -0.532. The number of nitrogens with one attached hydrogen (secondary N) is 1. The second-order valence-electron chi connectivity index (χ2n) is 6.66. The lowest BCUT2D eigenvalue weighted by Gasteiger charge is -2.19. The van der Waals surface area contributed by atoms with E-state index in [4.69, 9.17) is 31.3 Å². The Kier molecular flexibility index (Phi) is 6.40. The van der Waals surface area contributed by atoms with Crippen LogP contribution in [0.3, 0.4) is 0 Å². The smallest absolute Gasteiger partial charge is 0.458 e. The molecule has 5 atom stereocenters. The molecule has 16 nitrogen and oxygen atoms in total. The van der Waals surface area contributed by atoms with Crippen LogP contribution in [0.2, 0.25) is 0 Å². The highest BCUT2D eigenvalue weighted by Crippen LogP contribution is 2.41. The van der Waals surface area contributed by atoms with Crippen molar-refractivity contribution >= 4 is 36.8 Å². The number of imidazole rings is 1. The summed E-state index contributed by atoms with van der Waals surface area (Å²) in [5, 5.41) is 18.8. The van der Waals surface area contributed by atoms with Gasteiger partial charge >= 0.3 is 19.7 Å².